The lowest BCUT2D eigenvalue weighted by Crippen LogP contribution is -2.15. The number of ether oxygens (including phenoxy) is 3. The Morgan fingerprint density at radius 2 is 2.05 bits per heavy atom. The molecule has 0 aromatic heterocycles. The van der Waals surface area contributed by atoms with Gasteiger partial charge in [0.2, 0.25) is 0 Å². The van der Waals surface area contributed by atoms with E-state index in [1.807, 2.05) is 25.1 Å². The first kappa shape index (κ1) is 11.8. The molecule has 0 unspecified atom stereocenters. The molecule has 3 rings (SSSR count). The van der Waals surface area contributed by atoms with Crippen LogP contribution >= 0.6 is 0 Å². The van der Waals surface area contributed by atoms with E-state index in [4.69, 9.17) is 14.2 Å². The number of fused-ring (bicyclic) bond motifs is 1. The van der Waals surface area contributed by atoms with Gasteiger partial charge in [0.25, 0.3) is 0 Å². The predicted octanol–water partition coefficient (Wildman–Crippen LogP) is 2.16. The van der Waals surface area contributed by atoms with Crippen molar-refractivity contribution in [3.05, 3.63) is 29.5 Å². The number of esters is 1. The Bertz CT molecular complexity index is 589. The lowest BCUT2D eigenvalue weighted by molar-refractivity contribution is -0.130. The summed E-state index contributed by atoms with van der Waals surface area (Å²) in [7, 11) is 0. The van der Waals surface area contributed by atoms with Crippen molar-refractivity contribution >= 4 is 17.9 Å². The van der Waals surface area contributed by atoms with Crippen LogP contribution in [0.1, 0.15) is 18.9 Å². The molecule has 0 spiro atoms. The first-order valence-electron chi connectivity index (χ1n) is 6.17. The van der Waals surface area contributed by atoms with Gasteiger partial charge < -0.3 is 14.2 Å². The highest BCUT2D eigenvalue weighted by Gasteiger charge is 2.21. The van der Waals surface area contributed by atoms with Crippen LogP contribution in [-0.2, 0) is 9.53 Å². The van der Waals surface area contributed by atoms with E-state index in [1.54, 1.807) is 6.08 Å². The molecule has 0 bridgehead atoms. The van der Waals surface area contributed by atoms with Gasteiger partial charge in [-0.15, -0.1) is 0 Å². The molecular formula is C14H13NO4. The van der Waals surface area contributed by atoms with Crippen LogP contribution in [0, 0.1) is 0 Å². The molecule has 0 saturated heterocycles. The van der Waals surface area contributed by atoms with Crippen LogP contribution in [0.4, 0.5) is 0 Å². The molecule has 2 aliphatic rings. The fourth-order valence-corrected chi connectivity index (χ4v) is 1.91. The molecule has 2 aliphatic heterocycles. The summed E-state index contributed by atoms with van der Waals surface area (Å²) in [5.41, 5.74) is 1.14. The number of hydrogen-bond acceptors (Lipinski definition) is 5. The molecule has 0 aliphatic carbocycles. The Labute approximate surface area is 110 Å². The number of carbonyl (C=O) groups excluding carboxylic acids is 1. The molecule has 5 nitrogen and oxygen atoms in total. The average Bonchev–Trinajstić information content (AvgIpc) is 2.79. The van der Waals surface area contributed by atoms with Crippen molar-refractivity contribution in [3.63, 3.8) is 0 Å². The summed E-state index contributed by atoms with van der Waals surface area (Å²) in [6.45, 7) is 2.98. The fourth-order valence-electron chi connectivity index (χ4n) is 1.91. The summed E-state index contributed by atoms with van der Waals surface area (Å²) in [5, 5.41) is 0. The predicted molar refractivity (Wildman–Crippen MR) is 69.2 cm³/mol. The van der Waals surface area contributed by atoms with Crippen molar-refractivity contribution in [2.45, 2.75) is 13.3 Å². The second-order valence-electron chi connectivity index (χ2n) is 4.18. The van der Waals surface area contributed by atoms with E-state index in [1.165, 1.54) is 0 Å². The second kappa shape index (κ2) is 4.76. The van der Waals surface area contributed by atoms with Crippen LogP contribution in [0.5, 0.6) is 11.5 Å². The maximum absolute atomic E-state index is 11.6. The molecule has 0 N–H and O–H groups in total. The molecule has 2 heterocycles. The zero-order valence-electron chi connectivity index (χ0n) is 10.5. The zero-order valence-corrected chi connectivity index (χ0v) is 10.5. The smallest absolute Gasteiger partial charge is 0.363 e. The Kier molecular flexibility index (Phi) is 2.95. The van der Waals surface area contributed by atoms with Crippen molar-refractivity contribution in [1.29, 1.82) is 0 Å². The number of carbonyl (C=O) groups is 1. The number of nitrogens with zero attached hydrogens (tertiary/aromatic N) is 1. The number of rotatable bonds is 2. The highest BCUT2D eigenvalue weighted by atomic mass is 16.6. The molecule has 1 aromatic rings. The third-order valence-corrected chi connectivity index (χ3v) is 2.84. The van der Waals surface area contributed by atoms with Gasteiger partial charge in [0.15, 0.2) is 23.1 Å². The topological polar surface area (TPSA) is 57.1 Å². The minimum atomic E-state index is -0.410. The minimum absolute atomic E-state index is 0.313. The molecule has 0 radical (unpaired) electrons. The first-order chi connectivity index (χ1) is 9.26. The number of cyclic esters (lactones) is 1. The molecular weight excluding hydrogens is 246 g/mol. The highest BCUT2D eigenvalue weighted by Crippen LogP contribution is 2.31. The maximum Gasteiger partial charge on any atom is 0.363 e. The summed E-state index contributed by atoms with van der Waals surface area (Å²) in [6, 6.07) is 5.51. The molecule has 0 atom stereocenters. The third kappa shape index (κ3) is 2.31. The van der Waals surface area contributed by atoms with E-state index in [9.17, 15) is 4.79 Å². The Hall–Kier alpha value is -2.30. The van der Waals surface area contributed by atoms with Crippen LogP contribution in [0.15, 0.2) is 28.9 Å². The quantitative estimate of drug-likeness (QED) is 0.603. The molecule has 1 aromatic carbocycles. The van der Waals surface area contributed by atoms with Gasteiger partial charge in [-0.3, -0.25) is 0 Å². The van der Waals surface area contributed by atoms with Crippen LogP contribution < -0.4 is 9.47 Å². The normalized spacial score (nSPS) is 19.3. The monoisotopic (exact) mass is 259 g/mol. The van der Waals surface area contributed by atoms with E-state index >= 15 is 0 Å². The Morgan fingerprint density at radius 1 is 1.26 bits per heavy atom. The summed E-state index contributed by atoms with van der Waals surface area (Å²) >= 11 is 0. The van der Waals surface area contributed by atoms with Gasteiger partial charge in [-0.05, 0) is 23.8 Å². The number of benzene rings is 1. The molecule has 0 saturated carbocycles. The largest absolute Gasteiger partial charge is 0.486 e. The maximum atomic E-state index is 11.6. The van der Waals surface area contributed by atoms with Gasteiger partial charge in [-0.1, -0.05) is 13.0 Å². The van der Waals surface area contributed by atoms with Crippen molar-refractivity contribution in [2.75, 3.05) is 13.2 Å². The van der Waals surface area contributed by atoms with Gasteiger partial charge in [0.1, 0.15) is 13.2 Å². The van der Waals surface area contributed by atoms with Crippen LogP contribution in [0.2, 0.25) is 0 Å². The summed E-state index contributed by atoms with van der Waals surface area (Å²) in [5.74, 6) is 1.45. The van der Waals surface area contributed by atoms with Crippen molar-refractivity contribution < 1.29 is 19.0 Å². The summed E-state index contributed by atoms with van der Waals surface area (Å²) in [4.78, 5) is 15.7. The lowest BCUT2D eigenvalue weighted by Gasteiger charge is -2.18. The number of hydrogen-bond donors (Lipinski definition) is 0. The van der Waals surface area contributed by atoms with Crippen molar-refractivity contribution in [3.8, 4) is 11.5 Å². The third-order valence-electron chi connectivity index (χ3n) is 2.84. The molecule has 0 amide bonds. The van der Waals surface area contributed by atoms with Crippen molar-refractivity contribution in [1.82, 2.24) is 0 Å². The van der Waals surface area contributed by atoms with E-state index in [0.717, 1.165) is 11.3 Å². The summed E-state index contributed by atoms with van der Waals surface area (Å²) < 4.78 is 15.9. The Balaban J connectivity index is 1.91. The Morgan fingerprint density at radius 3 is 2.79 bits per heavy atom. The molecule has 19 heavy (non-hydrogen) atoms. The lowest BCUT2D eigenvalue weighted by atomic mass is 10.1. The molecule has 0 fully saturated rings. The molecule has 5 heteroatoms. The van der Waals surface area contributed by atoms with Crippen LogP contribution in [0.3, 0.4) is 0 Å². The van der Waals surface area contributed by atoms with E-state index in [-0.39, 0.29) is 0 Å². The van der Waals surface area contributed by atoms with Gasteiger partial charge in [-0.25, -0.2) is 9.79 Å². The average molecular weight is 259 g/mol. The van der Waals surface area contributed by atoms with E-state index < -0.39 is 5.97 Å². The van der Waals surface area contributed by atoms with Gasteiger partial charge in [0.05, 0.1) is 0 Å². The fraction of sp³-hybridized carbons (Fsp3) is 0.286. The van der Waals surface area contributed by atoms with Crippen LogP contribution in [-0.4, -0.2) is 25.1 Å². The highest BCUT2D eigenvalue weighted by molar-refractivity contribution is 6.07. The number of aliphatic imine (C=N–C) groups is 1. The first-order valence-corrected chi connectivity index (χ1v) is 6.17. The standard InChI is InChI=1S/C14H13NO4/c1-2-13-15-10(14(16)19-13)7-9-3-4-11-12(8-9)18-6-5-17-11/h3-4,7-8H,2,5-6H2,1H3/b10-7+. The van der Waals surface area contributed by atoms with Gasteiger partial charge in [-0.2, -0.15) is 0 Å². The zero-order chi connectivity index (χ0) is 13.2. The SMILES string of the molecule is CCC1=N/C(=C/c2ccc3c(c2)OCCO3)C(=O)O1. The van der Waals surface area contributed by atoms with Crippen molar-refractivity contribution in [2.24, 2.45) is 4.99 Å². The van der Waals surface area contributed by atoms with Gasteiger partial charge >= 0.3 is 5.97 Å². The minimum Gasteiger partial charge on any atom is -0.486 e. The van der Waals surface area contributed by atoms with E-state index in [0.29, 0.717) is 37.0 Å². The van der Waals surface area contributed by atoms with Crippen LogP contribution in [0.25, 0.3) is 6.08 Å². The van der Waals surface area contributed by atoms with Gasteiger partial charge in [0, 0.05) is 6.42 Å². The second-order valence-corrected chi connectivity index (χ2v) is 4.18. The molecule has 98 valence electrons. The summed E-state index contributed by atoms with van der Waals surface area (Å²) in [6.07, 6.45) is 2.29. The van der Waals surface area contributed by atoms with E-state index in [2.05, 4.69) is 4.99 Å².